The average molecular weight is 388 g/mol. The molecule has 3 rings (SSSR count). The van der Waals surface area contributed by atoms with Gasteiger partial charge in [-0.05, 0) is 42.5 Å². The van der Waals surface area contributed by atoms with E-state index in [1.165, 1.54) is 0 Å². The number of carbonyl (C=O) groups is 2. The molecule has 0 aliphatic carbocycles. The van der Waals surface area contributed by atoms with Crippen molar-refractivity contribution in [3.05, 3.63) is 46.2 Å². The number of amides is 2. The summed E-state index contributed by atoms with van der Waals surface area (Å²) >= 11 is 1.60. The largest absolute Gasteiger partial charge is 0.493 e. The molecule has 144 valence electrons. The van der Waals surface area contributed by atoms with Gasteiger partial charge in [-0.3, -0.25) is 9.59 Å². The number of nitrogens with one attached hydrogen (secondary N) is 1. The molecule has 1 fully saturated rings. The van der Waals surface area contributed by atoms with Gasteiger partial charge in [0.05, 0.1) is 20.6 Å². The minimum Gasteiger partial charge on any atom is -0.493 e. The number of likely N-dealkylation sites (tertiary alicyclic amines) is 1. The molecule has 0 spiro atoms. The SMILES string of the molecule is COc1ccc(C(=O)NC2CCN(C(=O)Cc3cccs3)CC2)cc1OC. The number of hydrogen-bond acceptors (Lipinski definition) is 5. The van der Waals surface area contributed by atoms with Gasteiger partial charge in [-0.15, -0.1) is 11.3 Å². The van der Waals surface area contributed by atoms with E-state index < -0.39 is 0 Å². The maximum Gasteiger partial charge on any atom is 0.251 e. The van der Waals surface area contributed by atoms with Gasteiger partial charge in [0, 0.05) is 29.6 Å². The molecule has 2 aromatic rings. The molecule has 27 heavy (non-hydrogen) atoms. The first-order valence-corrected chi connectivity index (χ1v) is 9.81. The molecule has 0 radical (unpaired) electrons. The minimum absolute atomic E-state index is 0.0661. The molecular weight excluding hydrogens is 364 g/mol. The fourth-order valence-electron chi connectivity index (χ4n) is 3.19. The van der Waals surface area contributed by atoms with Gasteiger partial charge in [0.15, 0.2) is 11.5 Å². The van der Waals surface area contributed by atoms with Crippen molar-refractivity contribution in [1.82, 2.24) is 10.2 Å². The van der Waals surface area contributed by atoms with E-state index in [4.69, 9.17) is 9.47 Å². The molecule has 0 atom stereocenters. The zero-order chi connectivity index (χ0) is 19.2. The summed E-state index contributed by atoms with van der Waals surface area (Å²) in [6, 6.07) is 9.13. The van der Waals surface area contributed by atoms with Gasteiger partial charge in [0.2, 0.25) is 5.91 Å². The lowest BCUT2D eigenvalue weighted by molar-refractivity contribution is -0.131. The normalized spacial score (nSPS) is 14.7. The van der Waals surface area contributed by atoms with E-state index in [0.717, 1.165) is 17.7 Å². The van der Waals surface area contributed by atoms with Crippen LogP contribution in [0.2, 0.25) is 0 Å². The number of ether oxygens (including phenoxy) is 2. The molecule has 1 aliphatic rings. The summed E-state index contributed by atoms with van der Waals surface area (Å²) in [5.41, 5.74) is 0.531. The lowest BCUT2D eigenvalue weighted by atomic mass is 10.0. The first kappa shape index (κ1) is 19.2. The standard InChI is InChI=1S/C20H24N2O4S/c1-25-17-6-5-14(12-18(17)26-2)20(24)21-15-7-9-22(10-8-15)19(23)13-16-4-3-11-27-16/h3-6,11-12,15H,7-10,13H2,1-2H3,(H,21,24). The monoisotopic (exact) mass is 388 g/mol. The van der Waals surface area contributed by atoms with Gasteiger partial charge >= 0.3 is 0 Å². The van der Waals surface area contributed by atoms with Crippen LogP contribution in [-0.4, -0.2) is 50.1 Å². The molecule has 1 N–H and O–H groups in total. The summed E-state index contributed by atoms with van der Waals surface area (Å²) in [7, 11) is 3.10. The summed E-state index contributed by atoms with van der Waals surface area (Å²) in [6.45, 7) is 1.34. The third-order valence-electron chi connectivity index (χ3n) is 4.73. The van der Waals surface area contributed by atoms with E-state index in [0.29, 0.717) is 36.6 Å². The number of thiophene rings is 1. The maximum atomic E-state index is 12.5. The molecule has 0 bridgehead atoms. The third kappa shape index (κ3) is 4.80. The van der Waals surface area contributed by atoms with Gasteiger partial charge in [-0.1, -0.05) is 6.07 Å². The van der Waals surface area contributed by atoms with Crippen LogP contribution in [0.1, 0.15) is 28.1 Å². The number of benzene rings is 1. The van der Waals surface area contributed by atoms with E-state index in [1.54, 1.807) is 43.8 Å². The van der Waals surface area contributed by atoms with E-state index >= 15 is 0 Å². The van der Waals surface area contributed by atoms with Crippen LogP contribution in [0.4, 0.5) is 0 Å². The summed E-state index contributed by atoms with van der Waals surface area (Å²) < 4.78 is 10.5. The van der Waals surface area contributed by atoms with Crippen molar-refractivity contribution in [3.8, 4) is 11.5 Å². The minimum atomic E-state index is -0.140. The first-order chi connectivity index (χ1) is 13.1. The molecule has 1 saturated heterocycles. The van der Waals surface area contributed by atoms with Gasteiger partial charge in [0.25, 0.3) is 5.91 Å². The van der Waals surface area contributed by atoms with Crippen LogP contribution >= 0.6 is 11.3 Å². The van der Waals surface area contributed by atoms with Gasteiger partial charge in [-0.2, -0.15) is 0 Å². The van der Waals surface area contributed by atoms with Crippen molar-refractivity contribution < 1.29 is 19.1 Å². The van der Waals surface area contributed by atoms with E-state index in [1.807, 2.05) is 22.4 Å². The quantitative estimate of drug-likeness (QED) is 0.826. The Kier molecular flexibility index (Phi) is 6.34. The molecule has 1 aliphatic heterocycles. The zero-order valence-electron chi connectivity index (χ0n) is 15.6. The van der Waals surface area contributed by atoms with Crippen molar-refractivity contribution in [2.24, 2.45) is 0 Å². The van der Waals surface area contributed by atoms with Crippen LogP contribution in [0, 0.1) is 0 Å². The van der Waals surface area contributed by atoms with Gasteiger partial charge in [-0.25, -0.2) is 0 Å². The molecule has 0 unspecified atom stereocenters. The summed E-state index contributed by atoms with van der Waals surface area (Å²) in [4.78, 5) is 27.9. The first-order valence-electron chi connectivity index (χ1n) is 8.93. The highest BCUT2D eigenvalue weighted by Crippen LogP contribution is 2.27. The predicted molar refractivity (Wildman–Crippen MR) is 105 cm³/mol. The summed E-state index contributed by atoms with van der Waals surface area (Å²) in [5.74, 6) is 1.13. The average Bonchev–Trinajstić information content (AvgIpc) is 3.20. The number of carbonyl (C=O) groups excluding carboxylic acids is 2. The highest BCUT2D eigenvalue weighted by molar-refractivity contribution is 7.10. The second-order valence-electron chi connectivity index (χ2n) is 6.45. The maximum absolute atomic E-state index is 12.5. The molecule has 1 aromatic carbocycles. The second kappa shape index (κ2) is 8.90. The van der Waals surface area contributed by atoms with E-state index in [9.17, 15) is 9.59 Å². The highest BCUT2D eigenvalue weighted by Gasteiger charge is 2.24. The number of nitrogens with zero attached hydrogens (tertiary/aromatic N) is 1. The Labute approximate surface area is 163 Å². The van der Waals surface area contributed by atoms with Crippen molar-refractivity contribution in [2.45, 2.75) is 25.3 Å². The molecule has 7 heteroatoms. The smallest absolute Gasteiger partial charge is 0.251 e. The second-order valence-corrected chi connectivity index (χ2v) is 7.49. The van der Waals surface area contributed by atoms with Crippen LogP contribution < -0.4 is 14.8 Å². The third-order valence-corrected chi connectivity index (χ3v) is 5.61. The topological polar surface area (TPSA) is 67.9 Å². The van der Waals surface area contributed by atoms with Crippen LogP contribution in [0.15, 0.2) is 35.7 Å². The zero-order valence-corrected chi connectivity index (χ0v) is 16.4. The predicted octanol–water partition coefficient (Wildman–Crippen LogP) is 2.73. The van der Waals surface area contributed by atoms with Crippen LogP contribution in [0.5, 0.6) is 11.5 Å². The van der Waals surface area contributed by atoms with Gasteiger partial charge < -0.3 is 19.7 Å². The van der Waals surface area contributed by atoms with Gasteiger partial charge in [0.1, 0.15) is 0 Å². The highest BCUT2D eigenvalue weighted by atomic mass is 32.1. The Morgan fingerprint density at radius 1 is 1.15 bits per heavy atom. The van der Waals surface area contributed by atoms with Crippen LogP contribution in [-0.2, 0) is 11.2 Å². The summed E-state index contributed by atoms with van der Waals surface area (Å²) in [5, 5.41) is 5.04. The Morgan fingerprint density at radius 2 is 1.89 bits per heavy atom. The van der Waals surface area contributed by atoms with E-state index in [2.05, 4.69) is 5.32 Å². The molecule has 2 amide bonds. The Morgan fingerprint density at radius 3 is 2.52 bits per heavy atom. The van der Waals surface area contributed by atoms with Crippen LogP contribution in [0.3, 0.4) is 0 Å². The number of piperidine rings is 1. The lowest BCUT2D eigenvalue weighted by Gasteiger charge is -2.32. The Bertz CT molecular complexity index is 783. The molecule has 6 nitrogen and oxygen atoms in total. The fourth-order valence-corrected chi connectivity index (χ4v) is 3.89. The number of methoxy groups -OCH3 is 2. The summed E-state index contributed by atoms with van der Waals surface area (Å²) in [6.07, 6.45) is 1.98. The lowest BCUT2D eigenvalue weighted by Crippen LogP contribution is -2.46. The van der Waals surface area contributed by atoms with Crippen molar-refractivity contribution >= 4 is 23.2 Å². The van der Waals surface area contributed by atoms with E-state index in [-0.39, 0.29) is 17.9 Å². The van der Waals surface area contributed by atoms with Crippen molar-refractivity contribution in [1.29, 1.82) is 0 Å². The molecule has 2 heterocycles. The Balaban J connectivity index is 1.51. The van der Waals surface area contributed by atoms with Crippen molar-refractivity contribution in [3.63, 3.8) is 0 Å². The van der Waals surface area contributed by atoms with Crippen molar-refractivity contribution in [2.75, 3.05) is 27.3 Å². The molecule has 1 aromatic heterocycles. The molecular formula is C20H24N2O4S. The fraction of sp³-hybridized carbons (Fsp3) is 0.400. The number of rotatable bonds is 6. The molecule has 0 saturated carbocycles. The Hall–Kier alpha value is -2.54. The number of hydrogen-bond donors (Lipinski definition) is 1. The van der Waals surface area contributed by atoms with Crippen LogP contribution in [0.25, 0.3) is 0 Å².